The molecule has 0 atom stereocenters. The first-order chi connectivity index (χ1) is 8.92. The van der Waals surface area contributed by atoms with Crippen molar-refractivity contribution in [2.24, 2.45) is 0 Å². The van der Waals surface area contributed by atoms with Crippen LogP contribution < -0.4 is 0 Å². The number of para-hydroxylation sites is 1. The van der Waals surface area contributed by atoms with E-state index < -0.39 is 0 Å². The number of fused-ring (bicyclic) bond motifs is 4. The van der Waals surface area contributed by atoms with Gasteiger partial charge < -0.3 is 0 Å². The Hall–Kier alpha value is -2.48. The van der Waals surface area contributed by atoms with Gasteiger partial charge in [-0.3, -0.25) is 4.98 Å². The van der Waals surface area contributed by atoms with E-state index in [0.29, 0.717) is 0 Å². The molecular formula is C16H10N2. The van der Waals surface area contributed by atoms with Gasteiger partial charge in [-0.1, -0.05) is 24.3 Å². The lowest BCUT2D eigenvalue weighted by Crippen LogP contribution is -1.85. The minimum absolute atomic E-state index is 1.02. The van der Waals surface area contributed by atoms with Crippen molar-refractivity contribution in [3.8, 4) is 0 Å². The quantitative estimate of drug-likeness (QED) is 0.338. The average Bonchev–Trinajstić information content (AvgIpc) is 2.45. The third-order valence-electron chi connectivity index (χ3n) is 3.28. The molecule has 0 radical (unpaired) electrons. The van der Waals surface area contributed by atoms with Gasteiger partial charge in [0.1, 0.15) is 0 Å². The molecule has 0 bridgehead atoms. The minimum Gasteiger partial charge on any atom is -0.256 e. The monoisotopic (exact) mass is 230 g/mol. The fraction of sp³-hybridized carbons (Fsp3) is 0. The Bertz CT molecular complexity index is 875. The van der Waals surface area contributed by atoms with Gasteiger partial charge in [-0.15, -0.1) is 0 Å². The van der Waals surface area contributed by atoms with Crippen LogP contribution in [0.3, 0.4) is 0 Å². The number of rotatable bonds is 0. The molecule has 2 heteroatoms. The molecule has 0 spiro atoms. The van der Waals surface area contributed by atoms with Crippen LogP contribution in [0.15, 0.2) is 60.8 Å². The molecule has 0 fully saturated rings. The molecule has 4 rings (SSSR count). The zero-order valence-corrected chi connectivity index (χ0v) is 9.67. The second kappa shape index (κ2) is 3.50. The maximum Gasteiger partial charge on any atom is 0.0717 e. The summed E-state index contributed by atoms with van der Waals surface area (Å²) in [6.07, 6.45) is 1.82. The highest BCUT2D eigenvalue weighted by Crippen LogP contribution is 2.25. The van der Waals surface area contributed by atoms with Gasteiger partial charge in [0, 0.05) is 22.4 Å². The van der Waals surface area contributed by atoms with Crippen molar-refractivity contribution in [1.82, 2.24) is 9.97 Å². The molecule has 0 aliphatic rings. The molecule has 2 aromatic heterocycles. The van der Waals surface area contributed by atoms with Gasteiger partial charge in [0.05, 0.1) is 16.6 Å². The standard InChI is InChI=1S/C16H10N2/c1-2-6-14-11(4-1)10-13-12-5-3-9-17-15(12)7-8-16(13)18-14/h1-10H. The van der Waals surface area contributed by atoms with E-state index in [-0.39, 0.29) is 0 Å². The molecule has 0 aliphatic heterocycles. The van der Waals surface area contributed by atoms with Gasteiger partial charge in [0.2, 0.25) is 0 Å². The Balaban J connectivity index is 2.27. The third-order valence-corrected chi connectivity index (χ3v) is 3.28. The van der Waals surface area contributed by atoms with Crippen molar-refractivity contribution >= 4 is 32.7 Å². The summed E-state index contributed by atoms with van der Waals surface area (Å²) in [5.74, 6) is 0. The van der Waals surface area contributed by atoms with Gasteiger partial charge >= 0.3 is 0 Å². The van der Waals surface area contributed by atoms with E-state index in [1.54, 1.807) is 0 Å². The normalized spacial score (nSPS) is 11.3. The molecule has 0 N–H and O–H groups in total. The Morgan fingerprint density at radius 3 is 2.56 bits per heavy atom. The number of benzene rings is 2. The summed E-state index contributed by atoms with van der Waals surface area (Å²) in [6, 6.07) is 18.5. The topological polar surface area (TPSA) is 25.8 Å². The number of nitrogens with zero attached hydrogens (tertiary/aromatic N) is 2. The molecule has 0 aliphatic carbocycles. The average molecular weight is 230 g/mol. The highest BCUT2D eigenvalue weighted by molar-refractivity contribution is 6.08. The van der Waals surface area contributed by atoms with Crippen LogP contribution in [0.25, 0.3) is 32.7 Å². The molecular weight excluding hydrogens is 220 g/mol. The minimum atomic E-state index is 1.02. The molecule has 84 valence electrons. The highest BCUT2D eigenvalue weighted by atomic mass is 14.7. The van der Waals surface area contributed by atoms with Crippen LogP contribution in [-0.4, -0.2) is 9.97 Å². The van der Waals surface area contributed by atoms with Crippen LogP contribution in [0.1, 0.15) is 0 Å². The molecule has 0 unspecified atom stereocenters. The van der Waals surface area contributed by atoms with Crippen molar-refractivity contribution in [2.45, 2.75) is 0 Å². The molecule has 0 amide bonds. The number of hydrogen-bond donors (Lipinski definition) is 0. The molecule has 0 saturated carbocycles. The van der Waals surface area contributed by atoms with Crippen LogP contribution in [0.5, 0.6) is 0 Å². The van der Waals surface area contributed by atoms with Crippen molar-refractivity contribution < 1.29 is 0 Å². The molecule has 2 heterocycles. The summed E-state index contributed by atoms with van der Waals surface area (Å²) in [4.78, 5) is 9.08. The second-order valence-corrected chi connectivity index (χ2v) is 4.38. The lowest BCUT2D eigenvalue weighted by atomic mass is 10.1. The van der Waals surface area contributed by atoms with Crippen LogP contribution >= 0.6 is 0 Å². The lowest BCUT2D eigenvalue weighted by Gasteiger charge is -2.04. The van der Waals surface area contributed by atoms with Crippen LogP contribution in [0.4, 0.5) is 0 Å². The van der Waals surface area contributed by atoms with Crippen molar-refractivity contribution in [2.75, 3.05) is 0 Å². The summed E-state index contributed by atoms with van der Waals surface area (Å²) < 4.78 is 0. The predicted molar refractivity (Wildman–Crippen MR) is 74.6 cm³/mol. The van der Waals surface area contributed by atoms with E-state index in [1.165, 1.54) is 10.8 Å². The third kappa shape index (κ3) is 1.29. The Kier molecular flexibility index (Phi) is 1.86. The van der Waals surface area contributed by atoms with Gasteiger partial charge in [-0.2, -0.15) is 0 Å². The van der Waals surface area contributed by atoms with Gasteiger partial charge in [0.25, 0.3) is 0 Å². The largest absolute Gasteiger partial charge is 0.256 e. The molecule has 4 aromatic rings. The maximum atomic E-state index is 4.70. The molecule has 2 nitrogen and oxygen atoms in total. The summed E-state index contributed by atoms with van der Waals surface area (Å²) >= 11 is 0. The van der Waals surface area contributed by atoms with Crippen LogP contribution in [0, 0.1) is 0 Å². The SMILES string of the molecule is c1ccc2nc3ccc4ncccc4c3cc2c1. The Labute approximate surface area is 104 Å². The second-order valence-electron chi connectivity index (χ2n) is 4.38. The smallest absolute Gasteiger partial charge is 0.0717 e. The summed E-state index contributed by atoms with van der Waals surface area (Å²) in [5.41, 5.74) is 3.07. The molecule has 18 heavy (non-hydrogen) atoms. The van der Waals surface area contributed by atoms with Gasteiger partial charge in [-0.25, -0.2) is 4.98 Å². The fourth-order valence-corrected chi connectivity index (χ4v) is 2.41. The van der Waals surface area contributed by atoms with Crippen LogP contribution in [0.2, 0.25) is 0 Å². The van der Waals surface area contributed by atoms with E-state index in [2.05, 4.69) is 23.2 Å². The zero-order valence-electron chi connectivity index (χ0n) is 9.67. The first-order valence-corrected chi connectivity index (χ1v) is 5.95. The summed E-state index contributed by atoms with van der Waals surface area (Å²) in [6.45, 7) is 0. The summed E-state index contributed by atoms with van der Waals surface area (Å²) in [7, 11) is 0. The van der Waals surface area contributed by atoms with E-state index in [0.717, 1.165) is 21.9 Å². The van der Waals surface area contributed by atoms with E-state index in [9.17, 15) is 0 Å². The van der Waals surface area contributed by atoms with Gasteiger partial charge in [-0.05, 0) is 30.3 Å². The Morgan fingerprint density at radius 1 is 0.667 bits per heavy atom. The van der Waals surface area contributed by atoms with E-state index in [4.69, 9.17) is 4.98 Å². The lowest BCUT2D eigenvalue weighted by molar-refractivity contribution is 1.41. The maximum absolute atomic E-state index is 4.70. The number of aromatic nitrogens is 2. The first-order valence-electron chi connectivity index (χ1n) is 5.95. The van der Waals surface area contributed by atoms with Crippen LogP contribution in [-0.2, 0) is 0 Å². The van der Waals surface area contributed by atoms with E-state index in [1.807, 2.05) is 42.6 Å². The summed E-state index contributed by atoms with van der Waals surface area (Å²) in [5, 5.41) is 3.49. The fourth-order valence-electron chi connectivity index (χ4n) is 2.41. The predicted octanol–water partition coefficient (Wildman–Crippen LogP) is 3.94. The highest BCUT2D eigenvalue weighted by Gasteiger charge is 2.03. The Morgan fingerprint density at radius 2 is 1.56 bits per heavy atom. The first kappa shape index (κ1) is 9.54. The number of hydrogen-bond acceptors (Lipinski definition) is 2. The van der Waals surface area contributed by atoms with E-state index >= 15 is 0 Å². The van der Waals surface area contributed by atoms with Crippen molar-refractivity contribution in [3.05, 3.63) is 60.8 Å². The number of pyridine rings is 2. The van der Waals surface area contributed by atoms with Crippen molar-refractivity contribution in [1.29, 1.82) is 0 Å². The van der Waals surface area contributed by atoms with Gasteiger partial charge in [0.15, 0.2) is 0 Å². The zero-order chi connectivity index (χ0) is 11.9. The van der Waals surface area contributed by atoms with Crippen molar-refractivity contribution in [3.63, 3.8) is 0 Å². The molecule has 0 saturated heterocycles. The molecule has 2 aromatic carbocycles.